The summed E-state index contributed by atoms with van der Waals surface area (Å²) in [7, 11) is 0. The van der Waals surface area contributed by atoms with Crippen LogP contribution in [0.5, 0.6) is 0 Å². The highest BCUT2D eigenvalue weighted by Gasteiger charge is 2.45. The summed E-state index contributed by atoms with van der Waals surface area (Å²) in [4.78, 5) is 31.3. The quantitative estimate of drug-likeness (QED) is 0.827. The number of nitrogens with one attached hydrogen (secondary N) is 1. The molecule has 1 aromatic heterocycles. The van der Waals surface area contributed by atoms with E-state index >= 15 is 0 Å². The molecule has 6 nitrogen and oxygen atoms in total. The van der Waals surface area contributed by atoms with Gasteiger partial charge in [0.25, 0.3) is 5.91 Å². The van der Waals surface area contributed by atoms with E-state index in [1.807, 2.05) is 0 Å². The predicted molar refractivity (Wildman–Crippen MR) is 63.2 cm³/mol. The third-order valence-corrected chi connectivity index (χ3v) is 3.31. The summed E-state index contributed by atoms with van der Waals surface area (Å²) >= 11 is 0. The molecule has 0 bridgehead atoms. The molecular weight excluding hydrogens is 234 g/mol. The summed E-state index contributed by atoms with van der Waals surface area (Å²) in [5, 5.41) is 11.7. The van der Waals surface area contributed by atoms with E-state index in [-0.39, 0.29) is 0 Å². The standard InChI is InChI=1S/C12H15N3O3/c1-7-9(6-13-8(2)14-7)10(16)15-12(11(17)18)4-3-5-12/h6H,3-5H2,1-2H3,(H,15,16)(H,17,18). The van der Waals surface area contributed by atoms with Gasteiger partial charge in [0.2, 0.25) is 0 Å². The number of rotatable bonds is 3. The lowest BCUT2D eigenvalue weighted by molar-refractivity contribution is -0.148. The Bertz CT molecular complexity index is 509. The molecule has 0 aromatic carbocycles. The number of aliphatic carboxylic acids is 1. The molecule has 1 heterocycles. The lowest BCUT2D eigenvalue weighted by Crippen LogP contribution is -2.59. The molecule has 0 radical (unpaired) electrons. The zero-order valence-corrected chi connectivity index (χ0v) is 10.4. The molecule has 1 fully saturated rings. The Morgan fingerprint density at radius 1 is 1.39 bits per heavy atom. The average Bonchev–Trinajstić information content (AvgIpc) is 2.22. The van der Waals surface area contributed by atoms with Crippen molar-refractivity contribution in [3.05, 3.63) is 23.3 Å². The van der Waals surface area contributed by atoms with Crippen molar-refractivity contribution in [3.63, 3.8) is 0 Å². The van der Waals surface area contributed by atoms with Crippen LogP contribution in [0.25, 0.3) is 0 Å². The first-order valence-corrected chi connectivity index (χ1v) is 5.81. The molecule has 0 unspecified atom stereocenters. The van der Waals surface area contributed by atoms with E-state index < -0.39 is 17.4 Å². The van der Waals surface area contributed by atoms with Crippen LogP contribution < -0.4 is 5.32 Å². The molecule has 96 valence electrons. The summed E-state index contributed by atoms with van der Waals surface area (Å²) in [5.74, 6) is -0.817. The van der Waals surface area contributed by atoms with E-state index in [0.29, 0.717) is 29.9 Å². The molecule has 2 N–H and O–H groups in total. The zero-order valence-electron chi connectivity index (χ0n) is 10.4. The highest BCUT2D eigenvalue weighted by molar-refractivity contribution is 5.98. The van der Waals surface area contributed by atoms with Gasteiger partial charge in [0.1, 0.15) is 11.4 Å². The first kappa shape index (κ1) is 12.5. The summed E-state index contributed by atoms with van der Waals surface area (Å²) in [6, 6.07) is 0. The molecule has 18 heavy (non-hydrogen) atoms. The molecule has 1 aliphatic rings. The van der Waals surface area contributed by atoms with Crippen LogP contribution in [0.15, 0.2) is 6.20 Å². The average molecular weight is 249 g/mol. The highest BCUT2D eigenvalue weighted by atomic mass is 16.4. The van der Waals surface area contributed by atoms with Gasteiger partial charge in [-0.3, -0.25) is 4.79 Å². The van der Waals surface area contributed by atoms with Crippen molar-refractivity contribution >= 4 is 11.9 Å². The second-order valence-electron chi connectivity index (χ2n) is 4.61. The number of carbonyl (C=O) groups excluding carboxylic acids is 1. The van der Waals surface area contributed by atoms with Crippen molar-refractivity contribution in [2.75, 3.05) is 0 Å². The zero-order chi connectivity index (χ0) is 13.3. The Hall–Kier alpha value is -1.98. The van der Waals surface area contributed by atoms with Crippen molar-refractivity contribution in [1.29, 1.82) is 0 Å². The van der Waals surface area contributed by atoms with Crippen molar-refractivity contribution in [2.24, 2.45) is 0 Å². The lowest BCUT2D eigenvalue weighted by Gasteiger charge is -2.38. The minimum absolute atomic E-state index is 0.327. The highest BCUT2D eigenvalue weighted by Crippen LogP contribution is 2.32. The van der Waals surface area contributed by atoms with Gasteiger partial charge >= 0.3 is 5.97 Å². The monoisotopic (exact) mass is 249 g/mol. The topological polar surface area (TPSA) is 92.2 Å². The van der Waals surface area contributed by atoms with Gasteiger partial charge < -0.3 is 10.4 Å². The maximum atomic E-state index is 12.0. The van der Waals surface area contributed by atoms with Crippen LogP contribution in [0.3, 0.4) is 0 Å². The van der Waals surface area contributed by atoms with Crippen molar-refractivity contribution < 1.29 is 14.7 Å². The normalized spacial score (nSPS) is 16.8. The number of hydrogen-bond donors (Lipinski definition) is 2. The number of amides is 1. The van der Waals surface area contributed by atoms with E-state index in [2.05, 4.69) is 15.3 Å². The molecule has 0 atom stereocenters. The summed E-state index contributed by atoms with van der Waals surface area (Å²) < 4.78 is 0. The molecule has 1 amide bonds. The van der Waals surface area contributed by atoms with E-state index in [4.69, 9.17) is 5.11 Å². The Kier molecular flexibility index (Phi) is 3.02. The van der Waals surface area contributed by atoms with Crippen LogP contribution in [-0.4, -0.2) is 32.5 Å². The van der Waals surface area contributed by atoms with Crippen LogP contribution >= 0.6 is 0 Å². The smallest absolute Gasteiger partial charge is 0.329 e. The van der Waals surface area contributed by atoms with Crippen molar-refractivity contribution in [2.45, 2.75) is 38.6 Å². The van der Waals surface area contributed by atoms with Gasteiger partial charge in [0, 0.05) is 6.20 Å². The van der Waals surface area contributed by atoms with Gasteiger partial charge in [-0.25, -0.2) is 14.8 Å². The first-order valence-electron chi connectivity index (χ1n) is 5.81. The molecule has 0 spiro atoms. The Labute approximate surface area is 104 Å². The molecule has 1 aromatic rings. The Morgan fingerprint density at radius 3 is 2.50 bits per heavy atom. The predicted octanol–water partition coefficient (Wildman–Crippen LogP) is 0.831. The molecule has 2 rings (SSSR count). The number of aryl methyl sites for hydroxylation is 2. The maximum Gasteiger partial charge on any atom is 0.329 e. The molecular formula is C12H15N3O3. The van der Waals surface area contributed by atoms with Crippen LogP contribution in [-0.2, 0) is 4.79 Å². The number of aromatic nitrogens is 2. The van der Waals surface area contributed by atoms with Crippen LogP contribution in [0.4, 0.5) is 0 Å². The van der Waals surface area contributed by atoms with Gasteiger partial charge in [-0.15, -0.1) is 0 Å². The van der Waals surface area contributed by atoms with Crippen LogP contribution in [0.2, 0.25) is 0 Å². The SMILES string of the molecule is Cc1ncc(C(=O)NC2(C(=O)O)CCC2)c(C)n1. The van der Waals surface area contributed by atoms with Gasteiger partial charge in [-0.05, 0) is 33.1 Å². The fourth-order valence-corrected chi connectivity index (χ4v) is 2.01. The van der Waals surface area contributed by atoms with Gasteiger partial charge in [-0.1, -0.05) is 0 Å². The lowest BCUT2D eigenvalue weighted by atomic mass is 9.76. The van der Waals surface area contributed by atoms with Crippen molar-refractivity contribution in [3.8, 4) is 0 Å². The number of hydrogen-bond acceptors (Lipinski definition) is 4. The minimum Gasteiger partial charge on any atom is -0.480 e. The number of carboxylic acids is 1. The number of carbonyl (C=O) groups is 2. The summed E-state index contributed by atoms with van der Waals surface area (Å²) in [5.41, 5.74) is -0.220. The van der Waals surface area contributed by atoms with Gasteiger partial charge in [0.15, 0.2) is 0 Å². The second kappa shape index (κ2) is 4.36. The summed E-state index contributed by atoms with van der Waals surface area (Å²) in [6.45, 7) is 3.44. The van der Waals surface area contributed by atoms with E-state index in [9.17, 15) is 9.59 Å². The Morgan fingerprint density at radius 2 is 2.06 bits per heavy atom. The third-order valence-electron chi connectivity index (χ3n) is 3.31. The van der Waals surface area contributed by atoms with E-state index in [1.165, 1.54) is 6.20 Å². The van der Waals surface area contributed by atoms with Crippen molar-refractivity contribution in [1.82, 2.24) is 15.3 Å². The largest absolute Gasteiger partial charge is 0.480 e. The summed E-state index contributed by atoms with van der Waals surface area (Å²) in [6.07, 6.45) is 3.19. The number of carboxylic acid groups (broad SMARTS) is 1. The van der Waals surface area contributed by atoms with Gasteiger partial charge in [0.05, 0.1) is 11.3 Å². The van der Waals surface area contributed by atoms with E-state index in [0.717, 1.165) is 6.42 Å². The molecule has 1 saturated carbocycles. The maximum absolute atomic E-state index is 12.0. The second-order valence-corrected chi connectivity index (χ2v) is 4.61. The first-order chi connectivity index (χ1) is 8.44. The molecule has 6 heteroatoms. The minimum atomic E-state index is -1.10. The number of nitrogens with zero attached hydrogens (tertiary/aromatic N) is 2. The third kappa shape index (κ3) is 2.05. The Balaban J connectivity index is 2.19. The van der Waals surface area contributed by atoms with E-state index in [1.54, 1.807) is 13.8 Å². The van der Waals surface area contributed by atoms with Gasteiger partial charge in [-0.2, -0.15) is 0 Å². The molecule has 1 aliphatic carbocycles. The van der Waals surface area contributed by atoms with Crippen LogP contribution in [0, 0.1) is 13.8 Å². The molecule has 0 aliphatic heterocycles. The molecule has 0 saturated heterocycles. The fourth-order valence-electron chi connectivity index (χ4n) is 2.01. The van der Waals surface area contributed by atoms with Crippen LogP contribution in [0.1, 0.15) is 41.1 Å². The fraction of sp³-hybridized carbons (Fsp3) is 0.500.